The van der Waals surface area contributed by atoms with Crippen LogP contribution in [0.15, 0.2) is 35.1 Å². The summed E-state index contributed by atoms with van der Waals surface area (Å²) >= 11 is 0. The molecule has 2 saturated heterocycles. The molecule has 0 saturated carbocycles. The third-order valence-electron chi connectivity index (χ3n) is 5.86. The minimum atomic E-state index is -1.17. The van der Waals surface area contributed by atoms with Crippen molar-refractivity contribution in [1.82, 2.24) is 0 Å². The fourth-order valence-electron chi connectivity index (χ4n) is 3.97. The average molecular weight is 374 g/mol. The lowest BCUT2D eigenvalue weighted by molar-refractivity contribution is -0.155. The molecule has 0 aromatic carbocycles. The van der Waals surface area contributed by atoms with E-state index in [0.29, 0.717) is 16.9 Å². The van der Waals surface area contributed by atoms with E-state index in [9.17, 15) is 14.4 Å². The number of hydrogen-bond donors (Lipinski definition) is 0. The highest BCUT2D eigenvalue weighted by Gasteiger charge is 2.70. The quantitative estimate of drug-likeness (QED) is 0.413. The van der Waals surface area contributed by atoms with Crippen LogP contribution < -0.4 is 0 Å². The van der Waals surface area contributed by atoms with E-state index in [-0.39, 0.29) is 18.8 Å². The van der Waals surface area contributed by atoms with Crippen LogP contribution in [-0.2, 0) is 33.3 Å². The van der Waals surface area contributed by atoms with Crippen molar-refractivity contribution >= 4 is 17.7 Å². The van der Waals surface area contributed by atoms with E-state index in [2.05, 4.69) is 0 Å². The Morgan fingerprint density at radius 3 is 2.70 bits per heavy atom. The van der Waals surface area contributed by atoms with Crippen LogP contribution in [0.2, 0.25) is 0 Å². The molecule has 0 unspecified atom stereocenters. The Bertz CT molecular complexity index is 829. The van der Waals surface area contributed by atoms with E-state index in [0.717, 1.165) is 0 Å². The van der Waals surface area contributed by atoms with E-state index in [1.165, 1.54) is 6.08 Å². The van der Waals surface area contributed by atoms with Gasteiger partial charge in [0.1, 0.15) is 18.0 Å². The van der Waals surface area contributed by atoms with Gasteiger partial charge in [-0.1, -0.05) is 6.08 Å². The highest BCUT2D eigenvalue weighted by molar-refractivity contribution is 6.00. The van der Waals surface area contributed by atoms with Crippen LogP contribution in [0, 0.1) is 5.92 Å². The van der Waals surface area contributed by atoms with Gasteiger partial charge in [0.15, 0.2) is 11.2 Å². The Hall–Kier alpha value is -2.41. The molecule has 0 N–H and O–H groups in total. The molecule has 4 rings (SSSR count). The zero-order valence-electron chi connectivity index (χ0n) is 15.7. The summed E-state index contributed by atoms with van der Waals surface area (Å²) in [5.41, 5.74) is -1.15. The maximum absolute atomic E-state index is 12.6. The molecular weight excluding hydrogens is 352 g/mol. The van der Waals surface area contributed by atoms with Crippen molar-refractivity contribution in [2.24, 2.45) is 5.92 Å². The molecule has 4 aliphatic rings. The Morgan fingerprint density at radius 1 is 1.37 bits per heavy atom. The number of fused-ring (bicyclic) bond motifs is 4. The van der Waals surface area contributed by atoms with Crippen molar-refractivity contribution in [1.29, 1.82) is 0 Å². The number of allylic oxidation sites excluding steroid dienone is 2. The first kappa shape index (κ1) is 18.0. The summed E-state index contributed by atoms with van der Waals surface area (Å²) in [6, 6.07) is 0. The van der Waals surface area contributed by atoms with Crippen molar-refractivity contribution in [3.63, 3.8) is 0 Å². The van der Waals surface area contributed by atoms with Gasteiger partial charge in [-0.15, -0.1) is 0 Å². The number of epoxide rings is 1. The van der Waals surface area contributed by atoms with Crippen LogP contribution in [0.3, 0.4) is 0 Å². The van der Waals surface area contributed by atoms with E-state index < -0.39 is 41.3 Å². The summed E-state index contributed by atoms with van der Waals surface area (Å²) in [6.45, 7) is 7.07. The molecule has 0 aliphatic carbocycles. The number of rotatable bonds is 2. The third-order valence-corrected chi connectivity index (χ3v) is 5.86. The lowest BCUT2D eigenvalue weighted by atomic mass is 9.79. The van der Waals surface area contributed by atoms with Gasteiger partial charge < -0.3 is 18.9 Å². The van der Waals surface area contributed by atoms with Crippen LogP contribution in [0.1, 0.15) is 34.1 Å². The van der Waals surface area contributed by atoms with Crippen LogP contribution >= 0.6 is 0 Å². The lowest BCUT2D eigenvalue weighted by Crippen LogP contribution is -2.46. The summed E-state index contributed by atoms with van der Waals surface area (Å²) in [6.07, 6.45) is 3.55. The van der Waals surface area contributed by atoms with E-state index in [4.69, 9.17) is 18.9 Å². The molecule has 2 bridgehead atoms. The number of esters is 2. The van der Waals surface area contributed by atoms with Gasteiger partial charge in [-0.3, -0.25) is 4.79 Å². The highest BCUT2D eigenvalue weighted by atomic mass is 16.7. The van der Waals surface area contributed by atoms with E-state index in [1.807, 2.05) is 0 Å². The van der Waals surface area contributed by atoms with Crippen molar-refractivity contribution < 1.29 is 33.3 Å². The molecule has 144 valence electrons. The first-order valence-corrected chi connectivity index (χ1v) is 9.03. The van der Waals surface area contributed by atoms with Crippen LogP contribution in [-0.4, -0.2) is 47.7 Å². The van der Waals surface area contributed by atoms with E-state index >= 15 is 0 Å². The Morgan fingerprint density at radius 2 is 2.07 bits per heavy atom. The second kappa shape index (κ2) is 5.79. The minimum absolute atomic E-state index is 0.110. The summed E-state index contributed by atoms with van der Waals surface area (Å²) in [7, 11) is 0. The van der Waals surface area contributed by atoms with Gasteiger partial charge in [0.25, 0.3) is 0 Å². The number of ketones is 1. The van der Waals surface area contributed by atoms with Crippen LogP contribution in [0.4, 0.5) is 0 Å². The Labute approximate surface area is 157 Å². The summed E-state index contributed by atoms with van der Waals surface area (Å²) in [5, 5.41) is 0. The molecule has 5 atom stereocenters. The normalized spacial score (nSPS) is 42.1. The molecule has 4 aliphatic heterocycles. The van der Waals surface area contributed by atoms with Crippen molar-refractivity contribution in [2.75, 3.05) is 6.61 Å². The molecule has 27 heavy (non-hydrogen) atoms. The molecule has 0 aromatic rings. The fourth-order valence-corrected chi connectivity index (χ4v) is 3.97. The maximum Gasteiger partial charge on any atom is 0.342 e. The number of ether oxygens (including phenoxy) is 4. The maximum atomic E-state index is 12.6. The molecule has 0 amide bonds. The third kappa shape index (κ3) is 2.64. The standard InChI is InChI=1S/C20H22O7/c1-5-10(2)17(22)25-14-8-19(4)15(21)7-12(27-19)11(3)6-13-16(14)20(9-24-20)18(23)26-13/h5-7,13-14,16H,8-9H2,1-4H3/b10-5-,11-6-/t13-,14+,16-,19-,20-/m0/s1. The summed E-state index contributed by atoms with van der Waals surface area (Å²) in [5.74, 6) is -1.24. The fraction of sp³-hybridized carbons (Fsp3) is 0.550. The first-order valence-electron chi connectivity index (χ1n) is 9.03. The first-order chi connectivity index (χ1) is 12.7. The second-order valence-electron chi connectivity index (χ2n) is 7.75. The topological polar surface area (TPSA) is 91.4 Å². The Kier molecular flexibility index (Phi) is 3.86. The highest BCUT2D eigenvalue weighted by Crippen LogP contribution is 2.51. The van der Waals surface area contributed by atoms with Gasteiger partial charge in [0.2, 0.25) is 5.78 Å². The monoisotopic (exact) mass is 374 g/mol. The zero-order chi connectivity index (χ0) is 19.6. The second-order valence-corrected chi connectivity index (χ2v) is 7.75. The molecule has 0 aromatic heterocycles. The molecule has 4 heterocycles. The van der Waals surface area contributed by atoms with E-state index in [1.54, 1.807) is 39.8 Å². The van der Waals surface area contributed by atoms with Gasteiger partial charge in [-0.2, -0.15) is 0 Å². The molecule has 7 heteroatoms. The Balaban J connectivity index is 1.78. The van der Waals surface area contributed by atoms with Gasteiger partial charge in [0.05, 0.1) is 12.5 Å². The number of carbonyl (C=O) groups is 3. The van der Waals surface area contributed by atoms with Crippen molar-refractivity contribution in [2.45, 2.75) is 57.5 Å². The minimum Gasteiger partial charge on any atom is -0.479 e. The molecule has 0 radical (unpaired) electrons. The SMILES string of the molecule is C/C=C(/C)C(=O)O[C@@H]1C[C@]2(C)OC(=CC2=O)/C(C)=C\[C@@H]2OC(=O)[C@]3(CO3)[C@@H]21. The molecular formula is C20H22O7. The number of carbonyl (C=O) groups excluding carboxylic acids is 3. The van der Waals surface area contributed by atoms with Gasteiger partial charge >= 0.3 is 11.9 Å². The van der Waals surface area contributed by atoms with Crippen LogP contribution in [0.5, 0.6) is 0 Å². The predicted molar refractivity (Wildman–Crippen MR) is 92.3 cm³/mol. The molecule has 2 fully saturated rings. The average Bonchev–Trinajstić information content (AvgIpc) is 3.27. The van der Waals surface area contributed by atoms with Gasteiger partial charge in [0, 0.05) is 18.1 Å². The van der Waals surface area contributed by atoms with Crippen molar-refractivity contribution in [3.05, 3.63) is 35.1 Å². The number of hydrogen-bond acceptors (Lipinski definition) is 7. The zero-order valence-corrected chi connectivity index (χ0v) is 15.7. The lowest BCUT2D eigenvalue weighted by Gasteiger charge is -2.32. The van der Waals surface area contributed by atoms with Gasteiger partial charge in [-0.05, 0) is 39.3 Å². The van der Waals surface area contributed by atoms with Crippen molar-refractivity contribution in [3.8, 4) is 0 Å². The predicted octanol–water partition coefficient (Wildman–Crippen LogP) is 1.77. The largest absolute Gasteiger partial charge is 0.479 e. The smallest absolute Gasteiger partial charge is 0.342 e. The summed E-state index contributed by atoms with van der Waals surface area (Å²) in [4.78, 5) is 37.5. The molecule has 1 spiro atoms. The van der Waals surface area contributed by atoms with Crippen LogP contribution in [0.25, 0.3) is 0 Å². The van der Waals surface area contributed by atoms with Gasteiger partial charge in [-0.25, -0.2) is 9.59 Å². The molecule has 7 nitrogen and oxygen atoms in total. The summed E-state index contributed by atoms with van der Waals surface area (Å²) < 4.78 is 22.8.